The van der Waals surface area contributed by atoms with Crippen molar-refractivity contribution < 1.29 is 80.2 Å². The van der Waals surface area contributed by atoms with E-state index in [0.717, 1.165) is 96.3 Å². The quantitative estimate of drug-likeness (QED) is 0.0222. The molecule has 17 nitrogen and oxygen atoms in total. The van der Waals surface area contributed by atoms with E-state index in [1.807, 2.05) is 0 Å². The summed E-state index contributed by atoms with van der Waals surface area (Å²) in [5.74, 6) is -1.45. The molecule has 558 valence electrons. The Kier molecular flexibility index (Phi) is 66.8. The molecule has 2 unspecified atom stereocenters. The van der Waals surface area contributed by atoms with Crippen molar-refractivity contribution in [3.05, 3.63) is 0 Å². The predicted octanol–water partition coefficient (Wildman–Crippen LogP) is 22.1. The van der Waals surface area contributed by atoms with E-state index in [9.17, 15) is 43.2 Å². The molecule has 0 heterocycles. The first-order valence-electron chi connectivity index (χ1n) is 39.1. The molecule has 94 heavy (non-hydrogen) atoms. The number of carbonyl (C=O) groups excluding carboxylic acids is 4. The summed E-state index contributed by atoms with van der Waals surface area (Å²) in [6.07, 6.45) is 57.3. The van der Waals surface area contributed by atoms with Crippen LogP contribution in [0.15, 0.2) is 0 Å². The minimum Gasteiger partial charge on any atom is -0.462 e. The summed E-state index contributed by atoms with van der Waals surface area (Å²) < 4.78 is 68.3. The number of hydrogen-bond acceptors (Lipinski definition) is 15. The molecule has 0 rings (SSSR count). The minimum absolute atomic E-state index is 0.102. The molecular formula is C75H146O17P2. The van der Waals surface area contributed by atoms with E-state index in [-0.39, 0.29) is 25.7 Å². The Morgan fingerprint density at radius 3 is 0.723 bits per heavy atom. The Morgan fingerprint density at radius 2 is 0.489 bits per heavy atom. The lowest BCUT2D eigenvalue weighted by molar-refractivity contribution is -0.161. The Labute approximate surface area is 575 Å². The lowest BCUT2D eigenvalue weighted by Gasteiger charge is -2.21. The number of aliphatic hydroxyl groups excluding tert-OH is 1. The maximum Gasteiger partial charge on any atom is 0.472 e. The van der Waals surface area contributed by atoms with Gasteiger partial charge < -0.3 is 33.8 Å². The summed E-state index contributed by atoms with van der Waals surface area (Å²) in [4.78, 5) is 72.6. The molecular weight excluding hydrogens is 1230 g/mol. The maximum absolute atomic E-state index is 13.1. The smallest absolute Gasteiger partial charge is 0.462 e. The molecule has 0 amide bonds. The Hall–Kier alpha value is -1.94. The van der Waals surface area contributed by atoms with Crippen LogP contribution < -0.4 is 0 Å². The summed E-state index contributed by atoms with van der Waals surface area (Å²) >= 11 is 0. The third-order valence-electron chi connectivity index (χ3n) is 17.5. The van der Waals surface area contributed by atoms with Crippen LogP contribution in [0.1, 0.15) is 394 Å². The molecule has 0 aliphatic heterocycles. The number of hydrogen-bond donors (Lipinski definition) is 3. The zero-order valence-corrected chi connectivity index (χ0v) is 62.9. The summed E-state index contributed by atoms with van der Waals surface area (Å²) in [6.45, 7) is 7.16. The van der Waals surface area contributed by atoms with Crippen LogP contribution in [0, 0.1) is 5.92 Å². The van der Waals surface area contributed by atoms with Crippen LogP contribution in [-0.4, -0.2) is 96.7 Å². The molecule has 0 radical (unpaired) electrons. The van der Waals surface area contributed by atoms with Gasteiger partial charge in [-0.05, 0) is 31.6 Å². The largest absolute Gasteiger partial charge is 0.472 e. The maximum atomic E-state index is 13.1. The number of ether oxygens (including phenoxy) is 4. The fourth-order valence-corrected chi connectivity index (χ4v) is 13.1. The van der Waals surface area contributed by atoms with E-state index in [2.05, 4.69) is 34.6 Å². The molecule has 0 aliphatic carbocycles. The fraction of sp³-hybridized carbons (Fsp3) is 0.947. The molecule has 0 spiro atoms. The van der Waals surface area contributed by atoms with Crippen LogP contribution in [0.4, 0.5) is 0 Å². The molecule has 0 aromatic carbocycles. The molecule has 0 aliphatic rings. The lowest BCUT2D eigenvalue weighted by atomic mass is 10.0. The lowest BCUT2D eigenvalue weighted by Crippen LogP contribution is -2.30. The third kappa shape index (κ3) is 68.6. The van der Waals surface area contributed by atoms with Gasteiger partial charge in [-0.15, -0.1) is 0 Å². The monoisotopic (exact) mass is 1380 g/mol. The molecule has 0 aromatic heterocycles. The summed E-state index contributed by atoms with van der Waals surface area (Å²) in [5.41, 5.74) is 0. The van der Waals surface area contributed by atoms with Crippen LogP contribution in [0.2, 0.25) is 0 Å². The second-order valence-electron chi connectivity index (χ2n) is 27.5. The zero-order chi connectivity index (χ0) is 69.1. The van der Waals surface area contributed by atoms with Crippen molar-refractivity contribution in [3.63, 3.8) is 0 Å². The zero-order valence-electron chi connectivity index (χ0n) is 61.1. The highest BCUT2D eigenvalue weighted by atomic mass is 31.2. The van der Waals surface area contributed by atoms with Gasteiger partial charge in [0.2, 0.25) is 0 Å². The molecule has 0 saturated carbocycles. The highest BCUT2D eigenvalue weighted by Crippen LogP contribution is 2.45. The molecule has 0 saturated heterocycles. The van der Waals surface area contributed by atoms with Gasteiger partial charge in [-0.1, -0.05) is 343 Å². The van der Waals surface area contributed by atoms with E-state index in [1.54, 1.807) is 0 Å². The van der Waals surface area contributed by atoms with Crippen LogP contribution >= 0.6 is 15.6 Å². The number of esters is 4. The Balaban J connectivity index is 5.17. The van der Waals surface area contributed by atoms with Gasteiger partial charge in [-0.25, -0.2) is 9.13 Å². The van der Waals surface area contributed by atoms with Gasteiger partial charge in [0.05, 0.1) is 26.4 Å². The van der Waals surface area contributed by atoms with Crippen LogP contribution in [0.25, 0.3) is 0 Å². The van der Waals surface area contributed by atoms with Crippen molar-refractivity contribution in [2.24, 2.45) is 5.92 Å². The average molecular weight is 1380 g/mol. The van der Waals surface area contributed by atoms with Crippen LogP contribution in [0.5, 0.6) is 0 Å². The van der Waals surface area contributed by atoms with Gasteiger partial charge in [0, 0.05) is 25.7 Å². The van der Waals surface area contributed by atoms with Gasteiger partial charge >= 0.3 is 39.5 Å². The number of phosphoric acid groups is 2. The van der Waals surface area contributed by atoms with E-state index in [0.29, 0.717) is 31.6 Å². The standard InChI is InChI=1S/C75H146O17P2/c1-6-9-12-15-18-21-23-25-27-29-31-33-35-37-39-41-44-50-55-60-74(79)91-70(64-86-73(78)59-54-49-43-40-38-36-34-32-30-28-26-24-22-19-16-13-10-7-2)66-89-93(81,82)87-62-69(76)63-88-94(83,84)90-67-71(65-85-72(77)58-53-48-42-20-17-14-11-8-3)92-75(80)61-56-51-46-45-47-52-57-68(4)5/h68-71,76H,6-67H2,1-5H3,(H,81,82)(H,83,84)/t69-,70-,71-/m1/s1. The third-order valence-corrected chi connectivity index (χ3v) is 19.4. The van der Waals surface area contributed by atoms with Gasteiger partial charge in [-0.2, -0.15) is 0 Å². The molecule has 0 aromatic rings. The van der Waals surface area contributed by atoms with E-state index in [1.165, 1.54) is 212 Å². The number of phosphoric ester groups is 2. The van der Waals surface area contributed by atoms with Gasteiger partial charge in [0.1, 0.15) is 19.3 Å². The number of rotatable bonds is 75. The molecule has 5 atom stereocenters. The Bertz CT molecular complexity index is 1810. The van der Waals surface area contributed by atoms with E-state index >= 15 is 0 Å². The van der Waals surface area contributed by atoms with Crippen molar-refractivity contribution in [1.82, 2.24) is 0 Å². The Morgan fingerprint density at radius 1 is 0.287 bits per heavy atom. The SMILES string of the molecule is CCCCCCCCCCCCCCCCCCCCCC(=O)O[C@H](COC(=O)CCCCCCCCCCCCCCCCCCCC)COP(=O)(O)OC[C@@H](O)COP(=O)(O)OC[C@@H](COC(=O)CCCCCCCCCC)OC(=O)CCCCCCCCC(C)C. The summed E-state index contributed by atoms with van der Waals surface area (Å²) in [5, 5.41) is 10.6. The predicted molar refractivity (Wildman–Crippen MR) is 382 cm³/mol. The van der Waals surface area contributed by atoms with Crippen molar-refractivity contribution in [2.45, 2.75) is 412 Å². The molecule has 19 heteroatoms. The number of unbranched alkanes of at least 4 members (excludes halogenated alkanes) is 47. The molecule has 0 fully saturated rings. The minimum atomic E-state index is -4.96. The van der Waals surface area contributed by atoms with Gasteiger partial charge in [0.15, 0.2) is 12.2 Å². The van der Waals surface area contributed by atoms with Gasteiger partial charge in [-0.3, -0.25) is 37.3 Å². The van der Waals surface area contributed by atoms with Gasteiger partial charge in [0.25, 0.3) is 0 Å². The average Bonchev–Trinajstić information content (AvgIpc) is 1.15. The van der Waals surface area contributed by atoms with E-state index in [4.69, 9.17) is 37.0 Å². The highest BCUT2D eigenvalue weighted by Gasteiger charge is 2.30. The second kappa shape index (κ2) is 68.2. The second-order valence-corrected chi connectivity index (χ2v) is 30.4. The first-order chi connectivity index (χ1) is 45.5. The highest BCUT2D eigenvalue weighted by molar-refractivity contribution is 7.47. The number of carbonyl (C=O) groups is 4. The van der Waals surface area contributed by atoms with E-state index < -0.39 is 97.5 Å². The first kappa shape index (κ1) is 92.1. The fourth-order valence-electron chi connectivity index (χ4n) is 11.5. The summed E-state index contributed by atoms with van der Waals surface area (Å²) in [7, 11) is -9.90. The first-order valence-corrected chi connectivity index (χ1v) is 42.1. The van der Waals surface area contributed by atoms with Crippen LogP contribution in [0.3, 0.4) is 0 Å². The molecule has 0 bridgehead atoms. The van der Waals surface area contributed by atoms with Crippen molar-refractivity contribution in [3.8, 4) is 0 Å². The topological polar surface area (TPSA) is 237 Å². The van der Waals surface area contributed by atoms with Crippen LogP contribution in [-0.2, 0) is 65.4 Å². The normalized spacial score (nSPS) is 14.0. The van der Waals surface area contributed by atoms with Crippen molar-refractivity contribution >= 4 is 39.5 Å². The molecule has 3 N–H and O–H groups in total. The summed E-state index contributed by atoms with van der Waals surface area (Å²) in [6, 6.07) is 0. The van der Waals surface area contributed by atoms with Crippen molar-refractivity contribution in [2.75, 3.05) is 39.6 Å². The number of aliphatic hydroxyl groups is 1. The van der Waals surface area contributed by atoms with Crippen molar-refractivity contribution in [1.29, 1.82) is 0 Å².